The van der Waals surface area contributed by atoms with Crippen LogP contribution in [0.1, 0.15) is 31.2 Å². The van der Waals surface area contributed by atoms with Crippen LogP contribution in [0.25, 0.3) is 16.7 Å². The molecule has 152 valence electrons. The van der Waals surface area contributed by atoms with Crippen molar-refractivity contribution in [2.45, 2.75) is 31.3 Å². The minimum atomic E-state index is -0.712. The molecular formula is C24H24N4O2. The van der Waals surface area contributed by atoms with Crippen molar-refractivity contribution in [3.05, 3.63) is 72.7 Å². The zero-order valence-corrected chi connectivity index (χ0v) is 16.9. The predicted molar refractivity (Wildman–Crippen MR) is 118 cm³/mol. The molecule has 0 spiro atoms. The molecule has 1 fully saturated rings. The topological polar surface area (TPSA) is 72.2 Å². The molecule has 1 aliphatic rings. The number of aromatic nitrogens is 3. The zero-order valence-electron chi connectivity index (χ0n) is 16.9. The average molecular weight is 400 g/mol. The van der Waals surface area contributed by atoms with Crippen molar-refractivity contribution in [1.82, 2.24) is 14.5 Å². The SMILES string of the molecule is COc1ccc(Nc2cc(-n3ccc4ccc(C5(O)CCCC5)cc43)ncn2)cc1. The van der Waals surface area contributed by atoms with Gasteiger partial charge in [-0.25, -0.2) is 9.97 Å². The van der Waals surface area contributed by atoms with E-state index in [0.717, 1.165) is 59.4 Å². The Balaban J connectivity index is 1.48. The van der Waals surface area contributed by atoms with Crippen LogP contribution in [0.15, 0.2) is 67.1 Å². The number of hydrogen-bond acceptors (Lipinski definition) is 5. The van der Waals surface area contributed by atoms with Crippen molar-refractivity contribution >= 4 is 22.4 Å². The van der Waals surface area contributed by atoms with Crippen LogP contribution in [-0.4, -0.2) is 26.8 Å². The molecule has 2 aromatic carbocycles. The molecule has 0 bridgehead atoms. The highest BCUT2D eigenvalue weighted by Gasteiger charge is 2.33. The van der Waals surface area contributed by atoms with E-state index in [1.807, 2.05) is 41.1 Å². The molecule has 4 aromatic rings. The molecule has 2 aromatic heterocycles. The summed E-state index contributed by atoms with van der Waals surface area (Å²) < 4.78 is 7.25. The van der Waals surface area contributed by atoms with E-state index in [2.05, 4.69) is 39.6 Å². The number of ether oxygens (including phenoxy) is 1. The Labute approximate surface area is 175 Å². The summed E-state index contributed by atoms with van der Waals surface area (Å²) in [5, 5.41) is 15.4. The third kappa shape index (κ3) is 3.39. The zero-order chi connectivity index (χ0) is 20.6. The summed E-state index contributed by atoms with van der Waals surface area (Å²) in [4.78, 5) is 8.83. The molecule has 1 aliphatic carbocycles. The molecule has 30 heavy (non-hydrogen) atoms. The fourth-order valence-corrected chi connectivity index (χ4v) is 4.24. The average Bonchev–Trinajstić information content (AvgIpc) is 3.41. The summed E-state index contributed by atoms with van der Waals surface area (Å²) in [6.45, 7) is 0. The molecule has 0 atom stereocenters. The van der Waals surface area contributed by atoms with Gasteiger partial charge in [0, 0.05) is 23.3 Å². The normalized spacial score (nSPS) is 15.4. The van der Waals surface area contributed by atoms with Crippen LogP contribution >= 0.6 is 0 Å². The van der Waals surface area contributed by atoms with Crippen molar-refractivity contribution in [3.8, 4) is 11.6 Å². The molecule has 0 saturated heterocycles. The minimum absolute atomic E-state index is 0.706. The summed E-state index contributed by atoms with van der Waals surface area (Å²) in [6.07, 6.45) is 7.35. The summed E-state index contributed by atoms with van der Waals surface area (Å²) in [6, 6.07) is 17.9. The predicted octanol–water partition coefficient (Wildman–Crippen LogP) is 4.93. The molecule has 2 heterocycles. The molecule has 6 nitrogen and oxygen atoms in total. The second-order valence-electron chi connectivity index (χ2n) is 7.81. The minimum Gasteiger partial charge on any atom is -0.497 e. The van der Waals surface area contributed by atoms with Gasteiger partial charge in [0.25, 0.3) is 0 Å². The van der Waals surface area contributed by atoms with Gasteiger partial charge < -0.3 is 19.7 Å². The van der Waals surface area contributed by atoms with Crippen LogP contribution in [0.3, 0.4) is 0 Å². The molecule has 0 unspecified atom stereocenters. The van der Waals surface area contributed by atoms with E-state index in [4.69, 9.17) is 4.74 Å². The maximum absolute atomic E-state index is 11.0. The second-order valence-corrected chi connectivity index (χ2v) is 7.81. The first-order chi connectivity index (χ1) is 14.6. The van der Waals surface area contributed by atoms with Crippen molar-refractivity contribution in [2.75, 3.05) is 12.4 Å². The Morgan fingerprint density at radius 3 is 2.57 bits per heavy atom. The smallest absolute Gasteiger partial charge is 0.142 e. The van der Waals surface area contributed by atoms with Gasteiger partial charge in [0.05, 0.1) is 18.2 Å². The van der Waals surface area contributed by atoms with Gasteiger partial charge in [0.1, 0.15) is 23.7 Å². The van der Waals surface area contributed by atoms with Gasteiger partial charge in [-0.1, -0.05) is 25.0 Å². The van der Waals surface area contributed by atoms with Crippen LogP contribution in [0.2, 0.25) is 0 Å². The van der Waals surface area contributed by atoms with Crippen LogP contribution in [-0.2, 0) is 5.60 Å². The van der Waals surface area contributed by atoms with E-state index in [0.29, 0.717) is 5.82 Å². The third-order valence-electron chi connectivity index (χ3n) is 5.92. The molecule has 6 heteroatoms. The first-order valence-electron chi connectivity index (χ1n) is 10.2. The van der Waals surface area contributed by atoms with Gasteiger partial charge >= 0.3 is 0 Å². The molecule has 1 saturated carbocycles. The first kappa shape index (κ1) is 18.6. The second kappa shape index (κ2) is 7.46. The molecule has 2 N–H and O–H groups in total. The number of methoxy groups -OCH3 is 1. The molecule has 0 amide bonds. The van der Waals surface area contributed by atoms with Gasteiger partial charge in [-0.15, -0.1) is 0 Å². The van der Waals surface area contributed by atoms with E-state index >= 15 is 0 Å². The van der Waals surface area contributed by atoms with Crippen molar-refractivity contribution in [3.63, 3.8) is 0 Å². The Morgan fingerprint density at radius 2 is 1.80 bits per heavy atom. The number of nitrogens with zero attached hydrogens (tertiary/aromatic N) is 3. The molecule has 0 radical (unpaired) electrons. The van der Waals surface area contributed by atoms with Gasteiger partial charge in [0.15, 0.2) is 0 Å². The highest BCUT2D eigenvalue weighted by atomic mass is 16.5. The molecule has 5 rings (SSSR count). The van der Waals surface area contributed by atoms with Crippen LogP contribution < -0.4 is 10.1 Å². The van der Waals surface area contributed by atoms with Crippen LogP contribution in [0, 0.1) is 0 Å². The summed E-state index contributed by atoms with van der Waals surface area (Å²) >= 11 is 0. The third-order valence-corrected chi connectivity index (χ3v) is 5.92. The number of fused-ring (bicyclic) bond motifs is 1. The van der Waals surface area contributed by atoms with Gasteiger partial charge in [-0.2, -0.15) is 0 Å². The van der Waals surface area contributed by atoms with E-state index in [1.165, 1.54) is 0 Å². The Morgan fingerprint density at radius 1 is 1.00 bits per heavy atom. The monoisotopic (exact) mass is 400 g/mol. The largest absolute Gasteiger partial charge is 0.497 e. The fourth-order valence-electron chi connectivity index (χ4n) is 4.24. The van der Waals surface area contributed by atoms with E-state index in [9.17, 15) is 5.11 Å². The quantitative estimate of drug-likeness (QED) is 0.497. The molecule has 0 aliphatic heterocycles. The van der Waals surface area contributed by atoms with E-state index in [1.54, 1.807) is 13.4 Å². The Kier molecular flexibility index (Phi) is 4.64. The van der Waals surface area contributed by atoms with Crippen LogP contribution in [0.5, 0.6) is 5.75 Å². The van der Waals surface area contributed by atoms with Gasteiger partial charge in [-0.05, 0) is 54.8 Å². The fraction of sp³-hybridized carbons (Fsp3) is 0.250. The Hall–Kier alpha value is -3.38. The standard InChI is InChI=1S/C24H24N4O2/c1-30-20-8-6-19(7-9-20)27-22-15-23(26-16-25-22)28-13-10-17-4-5-18(14-21(17)28)24(29)11-2-3-12-24/h4-10,13-16,29H,2-3,11-12H2,1H3,(H,25,26,27). The summed E-state index contributed by atoms with van der Waals surface area (Å²) in [7, 11) is 1.65. The highest BCUT2D eigenvalue weighted by Crippen LogP contribution is 2.39. The van der Waals surface area contributed by atoms with E-state index < -0.39 is 5.60 Å². The lowest BCUT2D eigenvalue weighted by molar-refractivity contribution is 0.0446. The summed E-state index contributed by atoms with van der Waals surface area (Å²) in [5.74, 6) is 2.28. The number of rotatable bonds is 5. The number of aliphatic hydroxyl groups is 1. The number of anilines is 2. The maximum atomic E-state index is 11.0. The van der Waals surface area contributed by atoms with Gasteiger partial charge in [0.2, 0.25) is 0 Å². The Bertz CT molecular complexity index is 1180. The highest BCUT2D eigenvalue weighted by molar-refractivity contribution is 5.82. The van der Waals surface area contributed by atoms with Crippen molar-refractivity contribution in [2.24, 2.45) is 0 Å². The lowest BCUT2D eigenvalue weighted by atomic mass is 9.92. The summed E-state index contributed by atoms with van der Waals surface area (Å²) in [5.41, 5.74) is 2.22. The lowest BCUT2D eigenvalue weighted by Crippen LogP contribution is -2.20. The van der Waals surface area contributed by atoms with Crippen molar-refractivity contribution in [1.29, 1.82) is 0 Å². The number of benzene rings is 2. The number of hydrogen-bond donors (Lipinski definition) is 2. The van der Waals surface area contributed by atoms with Crippen LogP contribution in [0.4, 0.5) is 11.5 Å². The van der Waals surface area contributed by atoms with E-state index in [-0.39, 0.29) is 0 Å². The first-order valence-corrected chi connectivity index (χ1v) is 10.2. The maximum Gasteiger partial charge on any atom is 0.142 e. The molecular weight excluding hydrogens is 376 g/mol. The lowest BCUT2D eigenvalue weighted by Gasteiger charge is -2.23. The van der Waals surface area contributed by atoms with Gasteiger partial charge in [-0.3, -0.25) is 0 Å². The van der Waals surface area contributed by atoms with Crippen molar-refractivity contribution < 1.29 is 9.84 Å². The number of nitrogens with one attached hydrogen (secondary N) is 1.